The third-order valence-corrected chi connectivity index (χ3v) is 11.7. The monoisotopic (exact) mass is 717 g/mol. The molecule has 1 amide bonds. The van der Waals surface area contributed by atoms with E-state index < -0.39 is 93.2 Å². The number of hydrogen-bond acceptors (Lipinski definition) is 16. The second-order valence-corrected chi connectivity index (χ2v) is 16.9. The lowest BCUT2D eigenvalue weighted by Crippen LogP contribution is -2.53. The number of fused-ring (bicyclic) bond motifs is 5. The summed E-state index contributed by atoms with van der Waals surface area (Å²) in [5, 5.41) is 32.5. The smallest absolute Gasteiger partial charge is 0.386 e. The molecule has 19 nitrogen and oxygen atoms in total. The molecule has 5 aliphatic rings. The van der Waals surface area contributed by atoms with Crippen LogP contribution in [0, 0.1) is 17.2 Å². The summed E-state index contributed by atoms with van der Waals surface area (Å²) in [6, 6.07) is -0.00316. The van der Waals surface area contributed by atoms with Gasteiger partial charge in [-0.3, -0.25) is 29.9 Å². The van der Waals surface area contributed by atoms with Crippen molar-refractivity contribution in [2.75, 3.05) is 25.6 Å². The summed E-state index contributed by atoms with van der Waals surface area (Å²) in [7, 11) is 0. The Hall–Kier alpha value is -2.39. The molecular weight excluding hydrogens is 688 g/mol. The number of nitrogens with one attached hydrogen (secondary N) is 2. The maximum Gasteiger partial charge on any atom is 0.386 e. The molecule has 23 heteroatoms. The highest BCUT2D eigenvalue weighted by Gasteiger charge is 2.55. The Labute approximate surface area is 270 Å². The van der Waals surface area contributed by atoms with Gasteiger partial charge in [0.1, 0.15) is 36.1 Å². The molecule has 248 valence electrons. The molecule has 2 saturated heterocycles. The normalized spacial score (nSPS) is 41.3. The number of guanidine groups is 1. The molecule has 46 heavy (non-hydrogen) atoms. The number of aliphatic hydroxyl groups is 2. The molecule has 1 saturated carbocycles. The molecule has 7 rings (SSSR count). The van der Waals surface area contributed by atoms with Crippen molar-refractivity contribution in [3.8, 4) is 0 Å². The Morgan fingerprint density at radius 2 is 2.04 bits per heavy atom. The van der Waals surface area contributed by atoms with Gasteiger partial charge in [-0.05, 0) is 24.3 Å². The van der Waals surface area contributed by atoms with E-state index in [0.29, 0.717) is 11.0 Å². The van der Waals surface area contributed by atoms with E-state index in [2.05, 4.69) is 37.5 Å². The SMILES string of the molecule is N=C1N=C2C(N=CN2[C@@H]2O[C@@H]3COP(O)(=S)O[C@@H]4[C@@H](COP(=O)(S)O[C@@H]2[C@@H]3CO)C[C@@H](n2ccc3c(N)ncnc32)[C@@H]4O)C(=O)N1. The third-order valence-electron chi connectivity index (χ3n) is 8.55. The van der Waals surface area contributed by atoms with Gasteiger partial charge in [0.2, 0.25) is 5.96 Å². The van der Waals surface area contributed by atoms with E-state index in [0.717, 1.165) is 0 Å². The van der Waals surface area contributed by atoms with Gasteiger partial charge in [0.05, 0.1) is 43.7 Å². The number of thiol groups is 1. The minimum atomic E-state index is -4.24. The van der Waals surface area contributed by atoms with Crippen LogP contribution in [0.4, 0.5) is 5.82 Å². The van der Waals surface area contributed by atoms with E-state index in [1.165, 1.54) is 17.6 Å². The predicted octanol–water partition coefficient (Wildman–Crippen LogP) is -0.484. The fourth-order valence-corrected chi connectivity index (χ4v) is 9.42. The lowest BCUT2D eigenvalue weighted by molar-refractivity contribution is -0.119. The summed E-state index contributed by atoms with van der Waals surface area (Å²) in [6.07, 6.45) is -1.35. The van der Waals surface area contributed by atoms with Gasteiger partial charge in [0, 0.05) is 18.0 Å². The first-order valence-electron chi connectivity index (χ1n) is 14.0. The van der Waals surface area contributed by atoms with Crippen LogP contribution in [0.2, 0.25) is 0 Å². The van der Waals surface area contributed by atoms with Crippen molar-refractivity contribution >= 4 is 78.5 Å². The van der Waals surface area contributed by atoms with Crippen LogP contribution in [0.3, 0.4) is 0 Å². The van der Waals surface area contributed by atoms with Crippen LogP contribution in [0.1, 0.15) is 12.5 Å². The third kappa shape index (κ3) is 5.71. The average Bonchev–Trinajstić information content (AvgIpc) is 3.75. The van der Waals surface area contributed by atoms with Crippen molar-refractivity contribution in [3.05, 3.63) is 18.6 Å². The van der Waals surface area contributed by atoms with Crippen LogP contribution in [0.25, 0.3) is 11.0 Å². The van der Waals surface area contributed by atoms with Crippen LogP contribution >= 0.6 is 25.8 Å². The summed E-state index contributed by atoms with van der Waals surface area (Å²) in [5.41, 5.74) is 6.46. The maximum absolute atomic E-state index is 13.7. The minimum Gasteiger partial charge on any atom is -0.396 e. The van der Waals surface area contributed by atoms with Crippen molar-refractivity contribution in [1.29, 1.82) is 5.41 Å². The first kappa shape index (κ1) is 32.2. The average molecular weight is 718 g/mol. The standard InChI is InChI=1S/C23H29N9O10P2S2/c24-18-10-1-2-31(19(10)27-7-26-18)12-3-9-5-38-43(36,45)42-17-11(4-33)13(6-39-44(37,46)41-16(9)15(12)34)40-22(17)32-8-28-14-20(32)29-23(25)30-21(14)35/h1-2,7-9,11-17,22,33-34H,3-6H2,(H,36,45)(H,37,46)(H2,24,26,27)(H2,25,30,35)/t9-,11-,12-,13-,14?,15+,16-,17-,22-,43?,44?/m1/s1. The van der Waals surface area contributed by atoms with E-state index in [4.69, 9.17) is 45.8 Å². The Balaban J connectivity index is 1.19. The zero-order valence-corrected chi connectivity index (χ0v) is 27.0. The first-order valence-corrected chi connectivity index (χ1v) is 19.3. The van der Waals surface area contributed by atoms with Crippen LogP contribution < -0.4 is 11.1 Å². The number of hydrogen-bond donors (Lipinski definition) is 7. The number of ether oxygens (including phenoxy) is 1. The number of nitrogens with zero attached hydrogens (tertiary/aromatic N) is 6. The Kier molecular flexibility index (Phi) is 8.35. The molecule has 1 aliphatic carbocycles. The van der Waals surface area contributed by atoms with Crippen LogP contribution in [-0.2, 0) is 44.0 Å². The summed E-state index contributed by atoms with van der Waals surface area (Å²) in [5.74, 6) is -2.31. The fourth-order valence-electron chi connectivity index (χ4n) is 6.41. The predicted molar refractivity (Wildman–Crippen MR) is 166 cm³/mol. The summed E-state index contributed by atoms with van der Waals surface area (Å²) in [4.78, 5) is 41.4. The highest BCUT2D eigenvalue weighted by molar-refractivity contribution is 8.44. The highest BCUT2D eigenvalue weighted by atomic mass is 32.7. The molecule has 4 aliphatic heterocycles. The molecule has 2 aromatic rings. The molecule has 2 bridgehead atoms. The Bertz CT molecular complexity index is 1750. The molecular formula is C23H29N9O10P2S2. The molecule has 11 atom stereocenters. The number of carbonyl (C=O) groups excluding carboxylic acids is 1. The molecule has 3 fully saturated rings. The van der Waals surface area contributed by atoms with Gasteiger partial charge in [0.25, 0.3) is 5.91 Å². The van der Waals surface area contributed by atoms with E-state index in [9.17, 15) is 24.5 Å². The first-order chi connectivity index (χ1) is 21.9. The van der Waals surface area contributed by atoms with Crippen molar-refractivity contribution in [2.24, 2.45) is 21.8 Å². The summed E-state index contributed by atoms with van der Waals surface area (Å²) < 4.78 is 44.8. The fraction of sp³-hybridized carbons (Fsp3) is 0.565. The van der Waals surface area contributed by atoms with E-state index >= 15 is 0 Å². The van der Waals surface area contributed by atoms with Crippen LogP contribution in [0.15, 0.2) is 28.6 Å². The van der Waals surface area contributed by atoms with Gasteiger partial charge in [0.15, 0.2) is 18.1 Å². The van der Waals surface area contributed by atoms with Gasteiger partial charge in [-0.25, -0.2) is 14.5 Å². The number of anilines is 1. The molecule has 0 radical (unpaired) electrons. The molecule has 0 spiro atoms. The summed E-state index contributed by atoms with van der Waals surface area (Å²) in [6.45, 7) is -9.59. The van der Waals surface area contributed by atoms with Crippen molar-refractivity contribution in [3.63, 3.8) is 0 Å². The van der Waals surface area contributed by atoms with Crippen molar-refractivity contribution < 1.29 is 47.3 Å². The molecule has 7 N–H and O–H groups in total. The van der Waals surface area contributed by atoms with Crippen molar-refractivity contribution in [1.82, 2.24) is 24.8 Å². The highest BCUT2D eigenvalue weighted by Crippen LogP contribution is 2.59. The lowest BCUT2D eigenvalue weighted by atomic mass is 9.99. The Morgan fingerprint density at radius 3 is 2.83 bits per heavy atom. The lowest BCUT2D eigenvalue weighted by Gasteiger charge is -2.32. The molecule has 6 heterocycles. The number of nitrogens with two attached hydrogens (primary N) is 1. The number of rotatable bonds is 3. The van der Waals surface area contributed by atoms with Gasteiger partial charge >= 0.3 is 13.5 Å². The quantitative estimate of drug-likeness (QED) is 0.156. The summed E-state index contributed by atoms with van der Waals surface area (Å²) >= 11 is 9.54. The number of amidine groups is 1. The number of nitrogen functional groups attached to an aromatic ring is 1. The number of carbonyl (C=O) groups is 1. The molecule has 2 aromatic heterocycles. The molecule has 3 unspecified atom stereocenters. The number of aromatic nitrogens is 3. The number of amides is 1. The second kappa shape index (κ2) is 11.9. The van der Waals surface area contributed by atoms with Crippen molar-refractivity contribution in [2.45, 2.75) is 49.1 Å². The maximum atomic E-state index is 13.7. The van der Waals surface area contributed by atoms with Crippen LogP contribution in [0.5, 0.6) is 0 Å². The van der Waals surface area contributed by atoms with Gasteiger partial charge in [-0.15, -0.1) is 0 Å². The van der Waals surface area contributed by atoms with Gasteiger partial charge in [-0.2, -0.15) is 4.99 Å². The van der Waals surface area contributed by atoms with Crippen LogP contribution in [-0.4, -0.2) is 115 Å². The topological polar surface area (TPSA) is 262 Å². The van der Waals surface area contributed by atoms with E-state index in [-0.39, 0.29) is 24.7 Å². The number of aliphatic imine (C=N–C) groups is 2. The van der Waals surface area contributed by atoms with E-state index in [1.54, 1.807) is 16.8 Å². The Morgan fingerprint density at radius 1 is 1.24 bits per heavy atom. The zero-order chi connectivity index (χ0) is 32.5. The van der Waals surface area contributed by atoms with E-state index in [1.807, 2.05) is 0 Å². The van der Waals surface area contributed by atoms with Gasteiger partial charge < -0.3 is 43.7 Å². The zero-order valence-electron chi connectivity index (χ0n) is 23.5. The molecule has 0 aromatic carbocycles. The van der Waals surface area contributed by atoms with Gasteiger partial charge in [-0.1, -0.05) is 12.2 Å². The second-order valence-electron chi connectivity index (χ2n) is 11.2. The number of aliphatic hydroxyl groups excluding tert-OH is 2. The minimum absolute atomic E-state index is 0.0515. The largest absolute Gasteiger partial charge is 0.396 e.